The molecular weight excluding hydrogens is 234 g/mol. The Bertz CT molecular complexity index is 614. The van der Waals surface area contributed by atoms with Crippen LogP contribution in [0, 0.1) is 0 Å². The van der Waals surface area contributed by atoms with E-state index in [9.17, 15) is 14.7 Å². The van der Waals surface area contributed by atoms with E-state index in [1.54, 1.807) is 24.3 Å². The van der Waals surface area contributed by atoms with Gasteiger partial charge >= 0.3 is 0 Å². The predicted molar refractivity (Wildman–Crippen MR) is 65.7 cm³/mol. The number of benzene rings is 1. The number of aromatic amines is 1. The van der Waals surface area contributed by atoms with Crippen LogP contribution in [0.15, 0.2) is 24.3 Å². The molecule has 5 heteroatoms. The van der Waals surface area contributed by atoms with Crippen molar-refractivity contribution in [2.45, 2.75) is 13.0 Å². The lowest BCUT2D eigenvalue weighted by molar-refractivity contribution is 0.0581. The first-order chi connectivity index (χ1) is 8.56. The molecule has 0 fully saturated rings. The van der Waals surface area contributed by atoms with E-state index in [-0.39, 0.29) is 17.0 Å². The van der Waals surface area contributed by atoms with Crippen molar-refractivity contribution in [2.75, 3.05) is 6.61 Å². The number of ketones is 2. The van der Waals surface area contributed by atoms with E-state index < -0.39 is 18.5 Å². The molecule has 2 rings (SSSR count). The summed E-state index contributed by atoms with van der Waals surface area (Å²) in [5, 5.41) is 18.8. The number of hydrogen-bond acceptors (Lipinski definition) is 4. The van der Waals surface area contributed by atoms with Crippen LogP contribution < -0.4 is 0 Å². The van der Waals surface area contributed by atoms with Crippen molar-refractivity contribution in [1.29, 1.82) is 0 Å². The maximum absolute atomic E-state index is 11.9. The van der Waals surface area contributed by atoms with Crippen molar-refractivity contribution >= 4 is 22.5 Å². The largest absolute Gasteiger partial charge is 0.393 e. The Morgan fingerprint density at radius 2 is 2.00 bits per heavy atom. The van der Waals surface area contributed by atoms with Crippen LogP contribution in [0.5, 0.6) is 0 Å². The molecule has 0 saturated carbocycles. The number of carbonyl (C=O) groups is 2. The Morgan fingerprint density at radius 1 is 1.33 bits per heavy atom. The molecule has 18 heavy (non-hydrogen) atoms. The number of rotatable bonds is 4. The predicted octanol–water partition coefficient (Wildman–Crippen LogP) is 0.906. The lowest BCUT2D eigenvalue weighted by atomic mass is 10.0. The van der Waals surface area contributed by atoms with Crippen molar-refractivity contribution in [3.05, 3.63) is 35.5 Å². The monoisotopic (exact) mass is 247 g/mol. The van der Waals surface area contributed by atoms with Gasteiger partial charge in [-0.3, -0.25) is 9.59 Å². The first kappa shape index (κ1) is 12.5. The highest BCUT2D eigenvalue weighted by atomic mass is 16.3. The lowest BCUT2D eigenvalue weighted by Crippen LogP contribution is -2.26. The Balaban J connectivity index is 2.67. The second-order valence-electron chi connectivity index (χ2n) is 4.04. The van der Waals surface area contributed by atoms with Gasteiger partial charge < -0.3 is 15.2 Å². The summed E-state index contributed by atoms with van der Waals surface area (Å²) >= 11 is 0. The quantitative estimate of drug-likeness (QED) is 0.700. The lowest BCUT2D eigenvalue weighted by Gasteiger charge is -2.05. The van der Waals surface area contributed by atoms with Crippen LogP contribution in [0.3, 0.4) is 0 Å². The molecule has 0 aliphatic carbocycles. The maximum atomic E-state index is 11.9. The molecule has 1 heterocycles. The molecule has 3 N–H and O–H groups in total. The Hall–Kier alpha value is -1.98. The third-order valence-corrected chi connectivity index (χ3v) is 2.78. The minimum absolute atomic E-state index is 0.0465. The summed E-state index contributed by atoms with van der Waals surface area (Å²) in [5.74, 6) is -0.945. The van der Waals surface area contributed by atoms with Crippen LogP contribution in [0.4, 0.5) is 0 Å². The van der Waals surface area contributed by atoms with Gasteiger partial charge in [-0.05, 0) is 13.0 Å². The topological polar surface area (TPSA) is 90.4 Å². The number of para-hydroxylation sites is 1. The molecule has 0 bridgehead atoms. The van der Waals surface area contributed by atoms with Gasteiger partial charge in [0.25, 0.3) is 0 Å². The Kier molecular flexibility index (Phi) is 3.27. The third kappa shape index (κ3) is 1.94. The number of carbonyl (C=O) groups excluding carboxylic acids is 2. The fourth-order valence-electron chi connectivity index (χ4n) is 1.94. The van der Waals surface area contributed by atoms with E-state index in [2.05, 4.69) is 4.98 Å². The van der Waals surface area contributed by atoms with Crippen LogP contribution >= 0.6 is 0 Å². The van der Waals surface area contributed by atoms with Gasteiger partial charge in [0.05, 0.1) is 17.9 Å². The van der Waals surface area contributed by atoms with Crippen LogP contribution in [0.25, 0.3) is 10.9 Å². The average molecular weight is 247 g/mol. The molecule has 1 atom stereocenters. The van der Waals surface area contributed by atoms with Crippen molar-refractivity contribution in [3.8, 4) is 0 Å². The highest BCUT2D eigenvalue weighted by Gasteiger charge is 2.25. The number of aliphatic hydroxyl groups excluding tert-OH is 2. The molecule has 0 spiro atoms. The van der Waals surface area contributed by atoms with Crippen molar-refractivity contribution in [2.24, 2.45) is 0 Å². The Morgan fingerprint density at radius 3 is 2.61 bits per heavy atom. The summed E-state index contributed by atoms with van der Waals surface area (Å²) in [6, 6.07) is 7.01. The summed E-state index contributed by atoms with van der Waals surface area (Å²) < 4.78 is 0. The molecule has 5 nitrogen and oxygen atoms in total. The first-order valence-corrected chi connectivity index (χ1v) is 5.51. The fourth-order valence-corrected chi connectivity index (χ4v) is 1.94. The number of H-pyrrole nitrogens is 1. The molecule has 1 aromatic heterocycles. The number of aliphatic hydroxyl groups is 2. The molecule has 94 valence electrons. The summed E-state index contributed by atoms with van der Waals surface area (Å²) in [6.07, 6.45) is -1.52. The van der Waals surface area contributed by atoms with Gasteiger partial charge in [0.2, 0.25) is 5.78 Å². The van der Waals surface area contributed by atoms with E-state index in [0.29, 0.717) is 10.9 Å². The standard InChI is InChI=1S/C13H13NO4/c1-7(16)11-8-4-2-3-5-9(8)14-12(11)13(18)10(17)6-15/h2-5,10,14-15,17H,6H2,1H3. The van der Waals surface area contributed by atoms with Gasteiger partial charge in [0.15, 0.2) is 5.78 Å². The number of Topliss-reactive ketones (excluding diaryl/α,β-unsaturated/α-hetero) is 2. The fraction of sp³-hybridized carbons (Fsp3) is 0.231. The number of aromatic nitrogens is 1. The summed E-state index contributed by atoms with van der Waals surface area (Å²) in [6.45, 7) is 0.684. The summed E-state index contributed by atoms with van der Waals surface area (Å²) in [7, 11) is 0. The Labute approximate surface area is 103 Å². The average Bonchev–Trinajstić information content (AvgIpc) is 2.76. The molecule has 0 radical (unpaired) electrons. The molecular formula is C13H13NO4. The minimum atomic E-state index is -1.52. The molecule has 0 aliphatic heterocycles. The number of fused-ring (bicyclic) bond motifs is 1. The SMILES string of the molecule is CC(=O)c1c(C(=O)C(O)CO)[nH]c2ccccc12. The highest BCUT2D eigenvalue weighted by molar-refractivity contribution is 6.16. The van der Waals surface area contributed by atoms with Crippen molar-refractivity contribution in [1.82, 2.24) is 4.98 Å². The highest BCUT2D eigenvalue weighted by Crippen LogP contribution is 2.23. The molecule has 0 amide bonds. The molecule has 2 aromatic rings. The third-order valence-electron chi connectivity index (χ3n) is 2.78. The van der Waals surface area contributed by atoms with E-state index >= 15 is 0 Å². The van der Waals surface area contributed by atoms with Gasteiger partial charge in [-0.15, -0.1) is 0 Å². The smallest absolute Gasteiger partial charge is 0.210 e. The molecule has 1 unspecified atom stereocenters. The molecule has 1 aromatic carbocycles. The first-order valence-electron chi connectivity index (χ1n) is 5.51. The van der Waals surface area contributed by atoms with E-state index in [1.165, 1.54) is 6.92 Å². The minimum Gasteiger partial charge on any atom is -0.393 e. The zero-order valence-electron chi connectivity index (χ0n) is 9.80. The second kappa shape index (κ2) is 4.72. The van der Waals surface area contributed by atoms with Gasteiger partial charge in [-0.1, -0.05) is 18.2 Å². The molecule has 0 saturated heterocycles. The van der Waals surface area contributed by atoms with Crippen molar-refractivity contribution < 1.29 is 19.8 Å². The van der Waals surface area contributed by atoms with Gasteiger partial charge in [-0.2, -0.15) is 0 Å². The van der Waals surface area contributed by atoms with Gasteiger partial charge in [0, 0.05) is 10.9 Å². The van der Waals surface area contributed by atoms with Crippen LogP contribution in [-0.4, -0.2) is 39.5 Å². The van der Waals surface area contributed by atoms with Crippen molar-refractivity contribution in [3.63, 3.8) is 0 Å². The normalized spacial score (nSPS) is 12.6. The van der Waals surface area contributed by atoms with Crippen LogP contribution in [-0.2, 0) is 0 Å². The summed E-state index contributed by atoms with van der Waals surface area (Å²) in [4.78, 5) is 26.3. The number of nitrogens with one attached hydrogen (secondary N) is 1. The van der Waals surface area contributed by atoms with Crippen LogP contribution in [0.1, 0.15) is 27.8 Å². The van der Waals surface area contributed by atoms with E-state index in [1.807, 2.05) is 0 Å². The second-order valence-corrected chi connectivity index (χ2v) is 4.04. The molecule has 0 aliphatic rings. The van der Waals surface area contributed by atoms with Crippen LogP contribution in [0.2, 0.25) is 0 Å². The van der Waals surface area contributed by atoms with E-state index in [0.717, 1.165) is 0 Å². The van der Waals surface area contributed by atoms with E-state index in [4.69, 9.17) is 5.11 Å². The van der Waals surface area contributed by atoms with Gasteiger partial charge in [-0.25, -0.2) is 0 Å². The zero-order valence-corrected chi connectivity index (χ0v) is 9.80. The maximum Gasteiger partial charge on any atom is 0.210 e. The zero-order chi connectivity index (χ0) is 13.3. The van der Waals surface area contributed by atoms with Gasteiger partial charge in [0.1, 0.15) is 6.10 Å². The summed E-state index contributed by atoms with van der Waals surface area (Å²) in [5.41, 5.74) is 0.949. The number of hydrogen-bond donors (Lipinski definition) is 3.